The van der Waals surface area contributed by atoms with Gasteiger partial charge in [-0.15, -0.1) is 0 Å². The number of hydrogen-bond acceptors (Lipinski definition) is 2. The maximum atomic E-state index is 12.9. The van der Waals surface area contributed by atoms with Gasteiger partial charge in [0.05, 0.1) is 11.6 Å². The van der Waals surface area contributed by atoms with Crippen LogP contribution >= 0.6 is 15.9 Å². The molecule has 1 unspecified atom stereocenters. The van der Waals surface area contributed by atoms with Gasteiger partial charge in [0, 0.05) is 15.9 Å². The van der Waals surface area contributed by atoms with Crippen LogP contribution < -0.4 is 16.0 Å². The van der Waals surface area contributed by atoms with E-state index in [9.17, 15) is 9.59 Å². The first kappa shape index (κ1) is 17.2. The fraction of sp³-hybridized carbons (Fsp3) is 0.158. The first-order chi connectivity index (χ1) is 11.9. The summed E-state index contributed by atoms with van der Waals surface area (Å²) in [5.41, 5.74) is 3.70. The predicted octanol–water partition coefficient (Wildman–Crippen LogP) is 4.02. The molecule has 3 rings (SSSR count). The predicted molar refractivity (Wildman–Crippen MR) is 101 cm³/mol. The van der Waals surface area contributed by atoms with Crippen molar-refractivity contribution >= 4 is 33.6 Å². The molecule has 3 amide bonds. The van der Waals surface area contributed by atoms with Gasteiger partial charge in [0.15, 0.2) is 0 Å². The van der Waals surface area contributed by atoms with Gasteiger partial charge in [0.2, 0.25) is 0 Å². The molecule has 0 fully saturated rings. The highest BCUT2D eigenvalue weighted by molar-refractivity contribution is 9.10. The van der Waals surface area contributed by atoms with Gasteiger partial charge in [-0.1, -0.05) is 45.8 Å². The largest absolute Gasteiger partial charge is 0.327 e. The Hall–Kier alpha value is -2.60. The van der Waals surface area contributed by atoms with Crippen LogP contribution in [0.1, 0.15) is 24.1 Å². The Labute approximate surface area is 154 Å². The standard InChI is InChI=1S/C19H18BrN3O2/c1-11-3-9-15(10-4-11)22-18(24)16-12(2)21-19(25)23-17(16)13-5-7-14(20)8-6-13/h3-10,17H,1-2H3,(H,22,24)(H2,21,23,25). The van der Waals surface area contributed by atoms with E-state index in [4.69, 9.17) is 0 Å². The number of benzene rings is 2. The maximum absolute atomic E-state index is 12.9. The van der Waals surface area contributed by atoms with E-state index >= 15 is 0 Å². The summed E-state index contributed by atoms with van der Waals surface area (Å²) in [7, 11) is 0. The molecule has 0 aromatic heterocycles. The van der Waals surface area contributed by atoms with Crippen molar-refractivity contribution in [3.63, 3.8) is 0 Å². The number of rotatable bonds is 3. The molecule has 1 aliphatic heterocycles. The topological polar surface area (TPSA) is 70.2 Å². The second kappa shape index (κ2) is 7.11. The van der Waals surface area contributed by atoms with Gasteiger partial charge in [-0.2, -0.15) is 0 Å². The summed E-state index contributed by atoms with van der Waals surface area (Å²) in [4.78, 5) is 24.7. The zero-order valence-corrected chi connectivity index (χ0v) is 15.5. The van der Waals surface area contributed by atoms with Crippen LogP contribution in [0, 0.1) is 6.92 Å². The van der Waals surface area contributed by atoms with Crippen molar-refractivity contribution in [1.82, 2.24) is 10.6 Å². The Bertz CT molecular complexity index is 842. The Kier molecular flexibility index (Phi) is 4.90. The van der Waals surface area contributed by atoms with E-state index in [0.29, 0.717) is 17.0 Å². The number of carbonyl (C=O) groups is 2. The van der Waals surface area contributed by atoms with E-state index in [1.165, 1.54) is 0 Å². The van der Waals surface area contributed by atoms with Crippen molar-refractivity contribution in [3.8, 4) is 0 Å². The fourth-order valence-corrected chi connectivity index (χ4v) is 3.00. The molecule has 2 aromatic rings. The van der Waals surface area contributed by atoms with E-state index in [2.05, 4.69) is 31.9 Å². The lowest BCUT2D eigenvalue weighted by Gasteiger charge is -2.28. The molecular formula is C19H18BrN3O2. The third kappa shape index (κ3) is 3.91. The first-order valence-corrected chi connectivity index (χ1v) is 8.65. The van der Waals surface area contributed by atoms with Crippen molar-refractivity contribution in [2.45, 2.75) is 19.9 Å². The zero-order chi connectivity index (χ0) is 18.0. The van der Waals surface area contributed by atoms with Crippen LogP contribution in [0.25, 0.3) is 0 Å². The Morgan fingerprint density at radius 1 is 1.04 bits per heavy atom. The van der Waals surface area contributed by atoms with Gasteiger partial charge < -0.3 is 16.0 Å². The SMILES string of the molecule is CC1=C(C(=O)Nc2ccc(C)cc2)C(c2ccc(Br)cc2)NC(=O)N1. The van der Waals surface area contributed by atoms with Crippen LogP contribution in [0.4, 0.5) is 10.5 Å². The Morgan fingerprint density at radius 3 is 2.32 bits per heavy atom. The summed E-state index contributed by atoms with van der Waals surface area (Å²) >= 11 is 3.40. The monoisotopic (exact) mass is 399 g/mol. The van der Waals surface area contributed by atoms with E-state index in [1.807, 2.05) is 55.5 Å². The Morgan fingerprint density at radius 2 is 1.68 bits per heavy atom. The summed E-state index contributed by atoms with van der Waals surface area (Å²) in [6.45, 7) is 3.72. The van der Waals surface area contributed by atoms with Crippen molar-refractivity contribution in [3.05, 3.63) is 75.4 Å². The second-order valence-electron chi connectivity index (χ2n) is 5.94. The van der Waals surface area contributed by atoms with E-state index in [-0.39, 0.29) is 11.9 Å². The van der Waals surface area contributed by atoms with Crippen LogP contribution in [0.3, 0.4) is 0 Å². The van der Waals surface area contributed by atoms with Crippen molar-refractivity contribution in [1.29, 1.82) is 0 Å². The van der Waals surface area contributed by atoms with Gasteiger partial charge in [-0.05, 0) is 43.7 Å². The molecule has 0 spiro atoms. The van der Waals surface area contributed by atoms with Crippen molar-refractivity contribution in [2.24, 2.45) is 0 Å². The van der Waals surface area contributed by atoms with Gasteiger partial charge in [-0.3, -0.25) is 4.79 Å². The summed E-state index contributed by atoms with van der Waals surface area (Å²) in [6, 6.07) is 14.3. The lowest BCUT2D eigenvalue weighted by molar-refractivity contribution is -0.113. The number of urea groups is 1. The smallest absolute Gasteiger partial charge is 0.319 e. The van der Waals surface area contributed by atoms with Gasteiger partial charge in [-0.25, -0.2) is 4.79 Å². The number of amides is 3. The van der Waals surface area contributed by atoms with Crippen molar-refractivity contribution in [2.75, 3.05) is 5.32 Å². The first-order valence-electron chi connectivity index (χ1n) is 7.86. The number of carbonyl (C=O) groups excluding carboxylic acids is 2. The third-order valence-electron chi connectivity index (χ3n) is 4.03. The molecule has 5 nitrogen and oxygen atoms in total. The normalized spacial score (nSPS) is 16.9. The van der Waals surface area contributed by atoms with Gasteiger partial charge >= 0.3 is 6.03 Å². The molecule has 25 heavy (non-hydrogen) atoms. The molecular weight excluding hydrogens is 382 g/mol. The molecule has 0 saturated heterocycles. The zero-order valence-electron chi connectivity index (χ0n) is 13.9. The number of nitrogens with one attached hydrogen (secondary N) is 3. The highest BCUT2D eigenvalue weighted by Gasteiger charge is 2.31. The average Bonchev–Trinajstić information content (AvgIpc) is 2.57. The summed E-state index contributed by atoms with van der Waals surface area (Å²) < 4.78 is 0.933. The molecule has 2 aromatic carbocycles. The van der Waals surface area contributed by atoms with Crippen molar-refractivity contribution < 1.29 is 9.59 Å². The molecule has 1 atom stereocenters. The molecule has 3 N–H and O–H groups in total. The molecule has 0 bridgehead atoms. The van der Waals surface area contributed by atoms with Gasteiger partial charge in [0.1, 0.15) is 0 Å². The second-order valence-corrected chi connectivity index (χ2v) is 6.86. The van der Waals surface area contributed by atoms with E-state index in [0.717, 1.165) is 15.6 Å². The van der Waals surface area contributed by atoms with E-state index in [1.54, 1.807) is 6.92 Å². The number of hydrogen-bond donors (Lipinski definition) is 3. The van der Waals surface area contributed by atoms with E-state index < -0.39 is 6.04 Å². The minimum atomic E-state index is -0.507. The molecule has 1 heterocycles. The van der Waals surface area contributed by atoms with Crippen LogP contribution in [0.15, 0.2) is 64.3 Å². The fourth-order valence-electron chi connectivity index (χ4n) is 2.74. The number of aryl methyl sites for hydroxylation is 1. The lowest BCUT2D eigenvalue weighted by Crippen LogP contribution is -2.45. The highest BCUT2D eigenvalue weighted by atomic mass is 79.9. The average molecular weight is 400 g/mol. The highest BCUT2D eigenvalue weighted by Crippen LogP contribution is 2.28. The van der Waals surface area contributed by atoms with Crippen LogP contribution in [0.2, 0.25) is 0 Å². The molecule has 1 aliphatic rings. The quantitative estimate of drug-likeness (QED) is 0.728. The summed E-state index contributed by atoms with van der Waals surface area (Å²) in [5.74, 6) is -0.248. The lowest BCUT2D eigenvalue weighted by atomic mass is 9.95. The molecule has 0 saturated carbocycles. The maximum Gasteiger partial charge on any atom is 0.319 e. The van der Waals surface area contributed by atoms with Crippen LogP contribution in [0.5, 0.6) is 0 Å². The minimum Gasteiger partial charge on any atom is -0.327 e. The summed E-state index contributed by atoms with van der Waals surface area (Å²) in [6.07, 6.45) is 0. The number of allylic oxidation sites excluding steroid dienone is 1. The minimum absolute atomic E-state index is 0.248. The Balaban J connectivity index is 1.92. The number of anilines is 1. The van der Waals surface area contributed by atoms with Crippen LogP contribution in [-0.4, -0.2) is 11.9 Å². The molecule has 0 radical (unpaired) electrons. The van der Waals surface area contributed by atoms with Crippen LogP contribution in [-0.2, 0) is 4.79 Å². The molecule has 6 heteroatoms. The van der Waals surface area contributed by atoms with Gasteiger partial charge in [0.25, 0.3) is 5.91 Å². The summed E-state index contributed by atoms with van der Waals surface area (Å²) in [5, 5.41) is 8.40. The molecule has 128 valence electrons. The number of halogens is 1. The third-order valence-corrected chi connectivity index (χ3v) is 4.56. The molecule has 0 aliphatic carbocycles.